The standard InChI is InChI=1S/C12H9ClN2O/c1-6-2-3-9(13)7-4-10-8(5-14-15-10)12(16)11(6)7/h2-3,5H,4H2,1H3,(H,14,15). The maximum absolute atomic E-state index is 12.2. The fourth-order valence-corrected chi connectivity index (χ4v) is 2.41. The van der Waals surface area contributed by atoms with Gasteiger partial charge in [0, 0.05) is 17.0 Å². The van der Waals surface area contributed by atoms with E-state index in [-0.39, 0.29) is 5.78 Å². The normalized spacial score (nSPS) is 13.5. The lowest BCUT2D eigenvalue weighted by Crippen LogP contribution is -2.16. The molecule has 0 bridgehead atoms. The van der Waals surface area contributed by atoms with E-state index in [1.54, 1.807) is 6.20 Å². The summed E-state index contributed by atoms with van der Waals surface area (Å²) in [5, 5.41) is 7.40. The van der Waals surface area contributed by atoms with Crippen LogP contribution in [0.15, 0.2) is 18.3 Å². The molecule has 0 radical (unpaired) electrons. The molecule has 1 N–H and O–H groups in total. The highest BCUT2D eigenvalue weighted by molar-refractivity contribution is 6.32. The smallest absolute Gasteiger partial charge is 0.197 e. The first-order valence-electron chi connectivity index (χ1n) is 5.03. The van der Waals surface area contributed by atoms with Gasteiger partial charge in [-0.3, -0.25) is 9.89 Å². The van der Waals surface area contributed by atoms with Gasteiger partial charge in [-0.15, -0.1) is 0 Å². The van der Waals surface area contributed by atoms with Gasteiger partial charge in [0.25, 0.3) is 0 Å². The third-order valence-corrected chi connectivity index (χ3v) is 3.36. The quantitative estimate of drug-likeness (QED) is 0.647. The molecule has 1 aromatic carbocycles. The second-order valence-corrected chi connectivity index (χ2v) is 4.39. The van der Waals surface area contributed by atoms with E-state index in [2.05, 4.69) is 10.2 Å². The SMILES string of the molecule is Cc1ccc(Cl)c2c1C(=O)c1cn[nH]c1C2. The molecule has 3 rings (SSSR count). The molecule has 0 fully saturated rings. The van der Waals surface area contributed by atoms with E-state index in [9.17, 15) is 4.79 Å². The average molecular weight is 233 g/mol. The predicted octanol–water partition coefficient (Wildman–Crippen LogP) is 2.51. The number of nitrogens with zero attached hydrogens (tertiary/aromatic N) is 1. The van der Waals surface area contributed by atoms with E-state index < -0.39 is 0 Å². The van der Waals surface area contributed by atoms with E-state index in [4.69, 9.17) is 11.6 Å². The van der Waals surface area contributed by atoms with Gasteiger partial charge in [0.1, 0.15) is 0 Å². The number of H-pyrrole nitrogens is 1. The van der Waals surface area contributed by atoms with Crippen LogP contribution in [0.2, 0.25) is 5.02 Å². The highest BCUT2D eigenvalue weighted by Crippen LogP contribution is 2.32. The zero-order valence-electron chi connectivity index (χ0n) is 8.67. The second-order valence-electron chi connectivity index (χ2n) is 3.99. The van der Waals surface area contributed by atoms with Crippen LogP contribution in [0.1, 0.15) is 32.7 Å². The zero-order valence-corrected chi connectivity index (χ0v) is 9.43. The monoisotopic (exact) mass is 232 g/mol. The first-order valence-corrected chi connectivity index (χ1v) is 5.41. The number of benzene rings is 1. The largest absolute Gasteiger partial charge is 0.288 e. The fourth-order valence-electron chi connectivity index (χ4n) is 2.18. The number of rotatable bonds is 0. The number of halogens is 1. The second kappa shape index (κ2) is 3.19. The van der Waals surface area contributed by atoms with Crippen LogP contribution in [0, 0.1) is 6.92 Å². The molecule has 1 aromatic heterocycles. The Balaban J connectivity index is 2.32. The molecule has 0 amide bonds. The van der Waals surface area contributed by atoms with Crippen molar-refractivity contribution in [1.82, 2.24) is 10.2 Å². The lowest BCUT2D eigenvalue weighted by Gasteiger charge is -2.17. The van der Waals surface area contributed by atoms with Gasteiger partial charge in [-0.2, -0.15) is 5.10 Å². The number of hydrogen-bond donors (Lipinski definition) is 1. The maximum Gasteiger partial charge on any atom is 0.197 e. The van der Waals surface area contributed by atoms with Gasteiger partial charge in [-0.25, -0.2) is 0 Å². The van der Waals surface area contributed by atoms with Crippen LogP contribution in [0.25, 0.3) is 0 Å². The van der Waals surface area contributed by atoms with E-state index in [1.807, 2.05) is 19.1 Å². The van der Waals surface area contributed by atoms with Gasteiger partial charge in [0.15, 0.2) is 5.78 Å². The summed E-state index contributed by atoms with van der Waals surface area (Å²) < 4.78 is 0. The lowest BCUT2D eigenvalue weighted by atomic mass is 9.86. The number of nitrogens with one attached hydrogen (secondary N) is 1. The zero-order chi connectivity index (χ0) is 11.3. The van der Waals surface area contributed by atoms with Gasteiger partial charge in [0.2, 0.25) is 0 Å². The number of ketones is 1. The van der Waals surface area contributed by atoms with Crippen LogP contribution < -0.4 is 0 Å². The number of aromatic amines is 1. The highest BCUT2D eigenvalue weighted by atomic mass is 35.5. The van der Waals surface area contributed by atoms with Crippen molar-refractivity contribution in [3.63, 3.8) is 0 Å². The molecule has 16 heavy (non-hydrogen) atoms. The van der Waals surface area contributed by atoms with E-state index in [0.29, 0.717) is 17.0 Å². The van der Waals surface area contributed by atoms with Crippen molar-refractivity contribution in [3.05, 3.63) is 51.3 Å². The molecular weight excluding hydrogens is 224 g/mol. The van der Waals surface area contributed by atoms with Crippen LogP contribution >= 0.6 is 11.6 Å². The summed E-state index contributed by atoms with van der Waals surface area (Å²) in [5.74, 6) is 0.0185. The number of hydrogen-bond acceptors (Lipinski definition) is 2. The Morgan fingerprint density at radius 3 is 3.06 bits per heavy atom. The first kappa shape index (κ1) is 9.60. The Morgan fingerprint density at radius 2 is 2.25 bits per heavy atom. The molecule has 80 valence electrons. The first-order chi connectivity index (χ1) is 7.68. The molecule has 0 atom stereocenters. The fraction of sp³-hybridized carbons (Fsp3) is 0.167. The highest BCUT2D eigenvalue weighted by Gasteiger charge is 2.27. The third kappa shape index (κ3) is 1.15. The summed E-state index contributed by atoms with van der Waals surface area (Å²) in [6, 6.07) is 3.72. The van der Waals surface area contributed by atoms with Crippen molar-refractivity contribution in [2.24, 2.45) is 0 Å². The minimum atomic E-state index is 0.0185. The number of aromatic nitrogens is 2. The number of carbonyl (C=O) groups excluding carboxylic acids is 1. The molecule has 4 heteroatoms. The summed E-state index contributed by atoms with van der Waals surface area (Å²) in [6.07, 6.45) is 2.23. The molecule has 3 nitrogen and oxygen atoms in total. The van der Waals surface area contributed by atoms with Crippen LogP contribution in [-0.4, -0.2) is 16.0 Å². The van der Waals surface area contributed by atoms with Crippen molar-refractivity contribution in [3.8, 4) is 0 Å². The van der Waals surface area contributed by atoms with E-state index >= 15 is 0 Å². The van der Waals surface area contributed by atoms with Gasteiger partial charge in [0.05, 0.1) is 17.5 Å². The Hall–Kier alpha value is -1.61. The van der Waals surface area contributed by atoms with Crippen LogP contribution in [0.3, 0.4) is 0 Å². The van der Waals surface area contributed by atoms with Crippen molar-refractivity contribution in [2.45, 2.75) is 13.3 Å². The molecule has 0 saturated carbocycles. The van der Waals surface area contributed by atoms with Crippen molar-refractivity contribution in [2.75, 3.05) is 0 Å². The third-order valence-electron chi connectivity index (χ3n) is 3.01. The Bertz CT molecular complexity index is 601. The van der Waals surface area contributed by atoms with Crippen molar-refractivity contribution >= 4 is 17.4 Å². The van der Waals surface area contributed by atoms with Crippen LogP contribution in [0.5, 0.6) is 0 Å². The number of carbonyl (C=O) groups is 1. The van der Waals surface area contributed by atoms with Gasteiger partial charge in [-0.05, 0) is 24.1 Å². The van der Waals surface area contributed by atoms with E-state index in [0.717, 1.165) is 22.4 Å². The van der Waals surface area contributed by atoms with Crippen molar-refractivity contribution in [1.29, 1.82) is 0 Å². The minimum Gasteiger partial charge on any atom is -0.288 e. The Kier molecular flexibility index (Phi) is 1.91. The maximum atomic E-state index is 12.2. The molecule has 2 aromatic rings. The Labute approximate surface area is 97.4 Å². The molecule has 1 aliphatic carbocycles. The summed E-state index contributed by atoms with van der Waals surface area (Å²) in [4.78, 5) is 12.2. The van der Waals surface area contributed by atoms with Crippen LogP contribution in [0.4, 0.5) is 0 Å². The topological polar surface area (TPSA) is 45.8 Å². The van der Waals surface area contributed by atoms with Crippen molar-refractivity contribution < 1.29 is 4.79 Å². The molecule has 0 unspecified atom stereocenters. The summed E-state index contributed by atoms with van der Waals surface area (Å²) in [5.41, 5.74) is 4.13. The molecule has 0 saturated heterocycles. The molecule has 1 aliphatic rings. The Morgan fingerprint density at radius 1 is 1.44 bits per heavy atom. The van der Waals surface area contributed by atoms with Gasteiger partial charge in [-0.1, -0.05) is 17.7 Å². The summed E-state index contributed by atoms with van der Waals surface area (Å²) in [7, 11) is 0. The van der Waals surface area contributed by atoms with Gasteiger partial charge < -0.3 is 0 Å². The number of aryl methyl sites for hydroxylation is 1. The summed E-state index contributed by atoms with van der Waals surface area (Å²) >= 11 is 6.13. The predicted molar refractivity (Wildman–Crippen MR) is 61.0 cm³/mol. The molecule has 1 heterocycles. The van der Waals surface area contributed by atoms with Gasteiger partial charge >= 0.3 is 0 Å². The van der Waals surface area contributed by atoms with Crippen LogP contribution in [-0.2, 0) is 6.42 Å². The molecular formula is C12H9ClN2O. The molecule has 0 aliphatic heterocycles. The summed E-state index contributed by atoms with van der Waals surface area (Å²) in [6.45, 7) is 1.93. The minimum absolute atomic E-state index is 0.0185. The molecule has 0 spiro atoms. The average Bonchev–Trinajstić information content (AvgIpc) is 2.72. The lowest BCUT2D eigenvalue weighted by molar-refractivity contribution is 0.103. The van der Waals surface area contributed by atoms with E-state index in [1.165, 1.54) is 0 Å². The number of fused-ring (bicyclic) bond motifs is 2.